The summed E-state index contributed by atoms with van der Waals surface area (Å²) < 4.78 is 5.98. The summed E-state index contributed by atoms with van der Waals surface area (Å²) >= 11 is 0. The van der Waals surface area contributed by atoms with Crippen LogP contribution < -0.4 is 5.32 Å². The van der Waals surface area contributed by atoms with E-state index in [1.807, 2.05) is 72.8 Å². The lowest BCUT2D eigenvalue weighted by Crippen LogP contribution is -2.41. The number of nitrogens with zero attached hydrogens (tertiary/aromatic N) is 1. The molecule has 2 amide bonds. The van der Waals surface area contributed by atoms with Gasteiger partial charge in [0.2, 0.25) is 11.8 Å². The molecule has 0 aromatic heterocycles. The molecule has 2 aliphatic heterocycles. The summed E-state index contributed by atoms with van der Waals surface area (Å²) in [6.45, 7) is 0.681. The number of nitrogens with one attached hydrogen (secondary N) is 1. The molecule has 0 bridgehead atoms. The molecule has 4 atom stereocenters. The van der Waals surface area contributed by atoms with Crippen molar-refractivity contribution in [2.24, 2.45) is 11.8 Å². The number of allylic oxidation sites excluding steroid dienone is 2. The Labute approximate surface area is 218 Å². The van der Waals surface area contributed by atoms with Gasteiger partial charge in [0.15, 0.2) is 0 Å². The van der Waals surface area contributed by atoms with Crippen molar-refractivity contribution >= 4 is 17.8 Å². The third kappa shape index (κ3) is 7.29. The van der Waals surface area contributed by atoms with Crippen LogP contribution in [0.2, 0.25) is 0 Å². The van der Waals surface area contributed by atoms with Gasteiger partial charge in [0.25, 0.3) is 0 Å². The van der Waals surface area contributed by atoms with E-state index in [2.05, 4.69) is 5.32 Å². The molecule has 2 N–H and O–H groups in total. The molecule has 4 rings (SSSR count). The summed E-state index contributed by atoms with van der Waals surface area (Å²) in [6.07, 6.45) is 6.35. The van der Waals surface area contributed by atoms with Gasteiger partial charge in [0.05, 0.1) is 31.0 Å². The van der Waals surface area contributed by atoms with Gasteiger partial charge in [0.1, 0.15) is 6.10 Å². The Morgan fingerprint density at radius 1 is 0.973 bits per heavy atom. The number of cyclic esters (lactones) is 1. The van der Waals surface area contributed by atoms with E-state index in [0.717, 1.165) is 24.0 Å². The Balaban J connectivity index is 1.54. The lowest BCUT2D eigenvalue weighted by molar-refractivity contribution is -0.155. The van der Waals surface area contributed by atoms with Crippen molar-refractivity contribution in [2.75, 3.05) is 19.7 Å². The van der Waals surface area contributed by atoms with Crippen LogP contribution in [0, 0.1) is 11.8 Å². The minimum atomic E-state index is -0.631. The van der Waals surface area contributed by atoms with Crippen LogP contribution in [0.5, 0.6) is 0 Å². The van der Waals surface area contributed by atoms with E-state index >= 15 is 0 Å². The lowest BCUT2D eigenvalue weighted by Gasteiger charge is -2.26. The van der Waals surface area contributed by atoms with E-state index in [4.69, 9.17) is 4.74 Å². The predicted molar refractivity (Wildman–Crippen MR) is 140 cm³/mol. The quantitative estimate of drug-likeness (QED) is 0.463. The third-order valence-electron chi connectivity index (χ3n) is 7.26. The van der Waals surface area contributed by atoms with Crippen LogP contribution in [0.25, 0.3) is 0 Å². The van der Waals surface area contributed by atoms with Crippen LogP contribution in [-0.4, -0.2) is 53.5 Å². The van der Waals surface area contributed by atoms with Crippen LogP contribution in [0.4, 0.5) is 0 Å². The number of ether oxygens (including phenoxy) is 1. The average Bonchev–Trinajstić information content (AvgIpc) is 3.41. The number of likely N-dealkylation sites (tertiary alicyclic amines) is 1. The molecule has 2 aliphatic rings. The molecule has 1 fully saturated rings. The summed E-state index contributed by atoms with van der Waals surface area (Å²) in [5, 5.41) is 12.6. The molecule has 2 aromatic carbocycles. The number of hydrogen-bond acceptors (Lipinski definition) is 5. The van der Waals surface area contributed by atoms with Gasteiger partial charge in [-0.05, 0) is 43.2 Å². The molecule has 2 aromatic rings. The normalized spacial score (nSPS) is 25.1. The maximum Gasteiger partial charge on any atom is 0.310 e. The second-order valence-electron chi connectivity index (χ2n) is 9.88. The SMILES string of the molecule is O=C1NC[C@H](c2ccccc2)OC(=O)[C@H](Cc2ccccc2)CC=CC[C@@H]1CC(=O)N1CCC[C@H]1CO. The maximum atomic E-state index is 13.3. The van der Waals surface area contributed by atoms with Crippen molar-refractivity contribution in [1.82, 2.24) is 10.2 Å². The first kappa shape index (κ1) is 26.6. The van der Waals surface area contributed by atoms with Crippen LogP contribution in [0.15, 0.2) is 72.8 Å². The first-order valence-corrected chi connectivity index (χ1v) is 13.2. The molecule has 2 heterocycles. The van der Waals surface area contributed by atoms with Crippen molar-refractivity contribution in [1.29, 1.82) is 0 Å². The van der Waals surface area contributed by atoms with E-state index in [1.54, 1.807) is 4.90 Å². The summed E-state index contributed by atoms with van der Waals surface area (Å²) in [5.74, 6) is -1.55. The number of amides is 2. The highest BCUT2D eigenvalue weighted by Gasteiger charge is 2.32. The van der Waals surface area contributed by atoms with Gasteiger partial charge >= 0.3 is 5.97 Å². The molecular weight excluding hydrogens is 468 g/mol. The minimum absolute atomic E-state index is 0.0601. The Kier molecular flexibility index (Phi) is 9.49. The van der Waals surface area contributed by atoms with Crippen LogP contribution in [0.3, 0.4) is 0 Å². The van der Waals surface area contributed by atoms with E-state index < -0.39 is 12.0 Å². The molecular formula is C30H36N2O5. The molecule has 7 nitrogen and oxygen atoms in total. The Morgan fingerprint density at radius 3 is 2.35 bits per heavy atom. The highest BCUT2D eigenvalue weighted by atomic mass is 16.5. The largest absolute Gasteiger partial charge is 0.455 e. The molecule has 37 heavy (non-hydrogen) atoms. The van der Waals surface area contributed by atoms with Gasteiger partial charge in [-0.3, -0.25) is 14.4 Å². The average molecular weight is 505 g/mol. The van der Waals surface area contributed by atoms with Gasteiger partial charge in [0, 0.05) is 13.0 Å². The fourth-order valence-corrected chi connectivity index (χ4v) is 5.12. The second kappa shape index (κ2) is 13.2. The number of hydrogen-bond donors (Lipinski definition) is 2. The Morgan fingerprint density at radius 2 is 1.65 bits per heavy atom. The predicted octanol–water partition coefficient (Wildman–Crippen LogP) is 3.59. The Bertz CT molecular complexity index is 1070. The van der Waals surface area contributed by atoms with Crippen LogP contribution in [0.1, 0.15) is 49.3 Å². The van der Waals surface area contributed by atoms with Crippen molar-refractivity contribution in [3.05, 3.63) is 83.9 Å². The van der Waals surface area contributed by atoms with E-state index in [-0.39, 0.29) is 49.3 Å². The number of carbonyl (C=O) groups is 3. The molecule has 0 radical (unpaired) electrons. The van der Waals surface area contributed by atoms with Crippen molar-refractivity contribution in [2.45, 2.75) is 50.7 Å². The molecule has 0 saturated carbocycles. The standard InChI is InChI=1S/C30H36N2O5/c33-21-26-16-9-17-32(26)28(34)19-24-14-7-8-15-25(18-22-10-3-1-4-11-22)30(36)37-27(20-31-29(24)35)23-12-5-2-6-13-23/h1-8,10-13,24-27,33H,9,14-21H2,(H,31,35)/t24-,25+,26+,27-/m1/s1. The molecule has 196 valence electrons. The van der Waals surface area contributed by atoms with Crippen molar-refractivity contribution in [3.63, 3.8) is 0 Å². The third-order valence-corrected chi connectivity index (χ3v) is 7.26. The first-order valence-electron chi connectivity index (χ1n) is 13.2. The van der Waals surface area contributed by atoms with E-state index in [1.165, 1.54) is 0 Å². The van der Waals surface area contributed by atoms with Gasteiger partial charge in [-0.25, -0.2) is 0 Å². The first-order chi connectivity index (χ1) is 18.0. The number of esters is 1. The van der Waals surface area contributed by atoms with Gasteiger partial charge in [-0.2, -0.15) is 0 Å². The molecule has 0 unspecified atom stereocenters. The van der Waals surface area contributed by atoms with Gasteiger partial charge in [-0.15, -0.1) is 0 Å². The highest BCUT2D eigenvalue weighted by Crippen LogP contribution is 2.25. The number of aliphatic hydroxyl groups excluding tert-OH is 1. The van der Waals surface area contributed by atoms with Crippen molar-refractivity contribution in [3.8, 4) is 0 Å². The number of carbonyl (C=O) groups excluding carboxylic acids is 3. The molecule has 1 saturated heterocycles. The Hall–Kier alpha value is -3.45. The molecule has 0 spiro atoms. The summed E-state index contributed by atoms with van der Waals surface area (Å²) in [6, 6.07) is 19.1. The summed E-state index contributed by atoms with van der Waals surface area (Å²) in [5.41, 5.74) is 1.86. The zero-order valence-electron chi connectivity index (χ0n) is 21.1. The van der Waals surface area contributed by atoms with Crippen molar-refractivity contribution < 1.29 is 24.2 Å². The number of benzene rings is 2. The number of aliphatic hydroxyl groups is 1. The molecule has 0 aliphatic carbocycles. The smallest absolute Gasteiger partial charge is 0.310 e. The van der Waals surface area contributed by atoms with Crippen LogP contribution >= 0.6 is 0 Å². The highest BCUT2D eigenvalue weighted by molar-refractivity contribution is 5.86. The lowest BCUT2D eigenvalue weighted by atomic mass is 9.94. The summed E-state index contributed by atoms with van der Waals surface area (Å²) in [7, 11) is 0. The van der Waals surface area contributed by atoms with E-state index in [9.17, 15) is 19.5 Å². The van der Waals surface area contributed by atoms with Crippen LogP contribution in [-0.2, 0) is 25.5 Å². The second-order valence-corrected chi connectivity index (χ2v) is 9.88. The maximum absolute atomic E-state index is 13.3. The minimum Gasteiger partial charge on any atom is -0.455 e. The fourth-order valence-electron chi connectivity index (χ4n) is 5.12. The van der Waals surface area contributed by atoms with E-state index in [0.29, 0.717) is 25.8 Å². The summed E-state index contributed by atoms with van der Waals surface area (Å²) in [4.78, 5) is 41.2. The zero-order chi connectivity index (χ0) is 26.0. The fraction of sp³-hybridized carbons (Fsp3) is 0.433. The number of rotatable bonds is 6. The monoisotopic (exact) mass is 504 g/mol. The topological polar surface area (TPSA) is 95.9 Å². The van der Waals surface area contributed by atoms with Gasteiger partial charge < -0.3 is 20.1 Å². The molecule has 7 heteroatoms. The zero-order valence-corrected chi connectivity index (χ0v) is 21.1. The van der Waals surface area contributed by atoms with Gasteiger partial charge in [-0.1, -0.05) is 72.8 Å².